The zero-order valence-electron chi connectivity index (χ0n) is 10.6. The van der Waals surface area contributed by atoms with Crippen LogP contribution in [0, 0.1) is 21.2 Å². The minimum Gasteiger partial charge on any atom is -0.271 e. The van der Waals surface area contributed by atoms with E-state index in [-0.39, 0.29) is 11.9 Å². The van der Waals surface area contributed by atoms with Crippen molar-refractivity contribution in [3.8, 4) is 0 Å². The molecule has 0 amide bonds. The van der Waals surface area contributed by atoms with Crippen LogP contribution in [0.2, 0.25) is 0 Å². The van der Waals surface area contributed by atoms with Gasteiger partial charge in [-0.15, -0.1) is 0 Å². The van der Waals surface area contributed by atoms with Crippen molar-refractivity contribution in [1.82, 2.24) is 5.43 Å². The SMILES string of the molecule is CC1CCC(C(NN)c2ccc(F)cc2I)CC1. The second-order valence-corrected chi connectivity index (χ2v) is 6.49. The van der Waals surface area contributed by atoms with E-state index in [1.807, 2.05) is 6.07 Å². The molecule has 0 bridgehead atoms. The van der Waals surface area contributed by atoms with Gasteiger partial charge in [0.05, 0.1) is 0 Å². The molecule has 18 heavy (non-hydrogen) atoms. The molecule has 1 unspecified atom stereocenters. The first-order valence-electron chi connectivity index (χ1n) is 6.53. The summed E-state index contributed by atoms with van der Waals surface area (Å²) in [6.45, 7) is 2.31. The smallest absolute Gasteiger partial charge is 0.124 e. The quantitative estimate of drug-likeness (QED) is 0.488. The summed E-state index contributed by atoms with van der Waals surface area (Å²) in [5, 5.41) is 0. The number of hydrazine groups is 1. The molecule has 1 atom stereocenters. The summed E-state index contributed by atoms with van der Waals surface area (Å²) in [7, 11) is 0. The molecule has 0 aromatic heterocycles. The van der Waals surface area contributed by atoms with E-state index in [4.69, 9.17) is 5.84 Å². The monoisotopic (exact) mass is 362 g/mol. The van der Waals surface area contributed by atoms with E-state index in [1.165, 1.54) is 31.7 Å². The third-order valence-electron chi connectivity index (χ3n) is 4.01. The highest BCUT2D eigenvalue weighted by Crippen LogP contribution is 2.37. The molecule has 1 aliphatic rings. The maximum absolute atomic E-state index is 13.2. The Bertz CT molecular complexity index is 403. The number of rotatable bonds is 3. The molecule has 1 fully saturated rings. The maximum Gasteiger partial charge on any atom is 0.124 e. The molecule has 0 aliphatic heterocycles. The van der Waals surface area contributed by atoms with Gasteiger partial charge in [0.1, 0.15) is 5.82 Å². The fraction of sp³-hybridized carbons (Fsp3) is 0.571. The van der Waals surface area contributed by atoms with Crippen LogP contribution in [-0.2, 0) is 0 Å². The van der Waals surface area contributed by atoms with Gasteiger partial charge in [0, 0.05) is 9.61 Å². The van der Waals surface area contributed by atoms with E-state index in [2.05, 4.69) is 34.9 Å². The highest BCUT2D eigenvalue weighted by molar-refractivity contribution is 14.1. The normalized spacial score (nSPS) is 26.0. The molecule has 2 nitrogen and oxygen atoms in total. The van der Waals surface area contributed by atoms with Crippen LogP contribution in [0.3, 0.4) is 0 Å². The number of nitrogens with two attached hydrogens (primary N) is 1. The molecular weight excluding hydrogens is 342 g/mol. The number of halogens is 2. The van der Waals surface area contributed by atoms with Crippen LogP contribution in [-0.4, -0.2) is 0 Å². The Morgan fingerprint density at radius 1 is 1.33 bits per heavy atom. The molecule has 0 radical (unpaired) electrons. The van der Waals surface area contributed by atoms with Crippen molar-refractivity contribution in [1.29, 1.82) is 0 Å². The molecular formula is C14H20FIN2. The van der Waals surface area contributed by atoms with Gasteiger partial charge in [-0.05, 0) is 65.0 Å². The molecule has 0 heterocycles. The van der Waals surface area contributed by atoms with E-state index < -0.39 is 0 Å². The van der Waals surface area contributed by atoms with Crippen LogP contribution in [0.4, 0.5) is 4.39 Å². The van der Waals surface area contributed by atoms with Gasteiger partial charge < -0.3 is 0 Å². The molecule has 1 aliphatic carbocycles. The molecule has 0 saturated heterocycles. The standard InChI is InChI=1S/C14H20FIN2/c1-9-2-4-10(5-3-9)14(18-17)12-7-6-11(15)8-13(12)16/h6-10,14,18H,2-5,17H2,1H3. The Kier molecular flexibility index (Phi) is 4.98. The molecule has 1 aromatic carbocycles. The fourth-order valence-corrected chi connectivity index (χ4v) is 3.67. The Morgan fingerprint density at radius 3 is 2.56 bits per heavy atom. The first-order valence-corrected chi connectivity index (χ1v) is 7.60. The van der Waals surface area contributed by atoms with E-state index in [1.54, 1.807) is 6.07 Å². The minimum absolute atomic E-state index is 0.144. The predicted octanol–water partition coefficient (Wildman–Crippen LogP) is 3.76. The van der Waals surface area contributed by atoms with Gasteiger partial charge in [-0.1, -0.05) is 25.8 Å². The van der Waals surface area contributed by atoms with Gasteiger partial charge >= 0.3 is 0 Å². The molecule has 3 N–H and O–H groups in total. The lowest BCUT2D eigenvalue weighted by atomic mass is 9.77. The lowest BCUT2D eigenvalue weighted by Crippen LogP contribution is -2.35. The highest BCUT2D eigenvalue weighted by Gasteiger charge is 2.27. The van der Waals surface area contributed by atoms with E-state index in [0.29, 0.717) is 5.92 Å². The van der Waals surface area contributed by atoms with Crippen molar-refractivity contribution in [3.63, 3.8) is 0 Å². The van der Waals surface area contributed by atoms with Crippen molar-refractivity contribution in [2.45, 2.75) is 38.6 Å². The largest absolute Gasteiger partial charge is 0.271 e. The van der Waals surface area contributed by atoms with Gasteiger partial charge in [0.25, 0.3) is 0 Å². The first kappa shape index (κ1) is 14.2. The summed E-state index contributed by atoms with van der Waals surface area (Å²) in [5.41, 5.74) is 4.06. The van der Waals surface area contributed by atoms with E-state index in [0.717, 1.165) is 15.1 Å². The van der Waals surface area contributed by atoms with Gasteiger partial charge in [0.2, 0.25) is 0 Å². The Labute approximate surface area is 122 Å². The van der Waals surface area contributed by atoms with Crippen molar-refractivity contribution >= 4 is 22.6 Å². The van der Waals surface area contributed by atoms with Crippen LogP contribution in [0.1, 0.15) is 44.2 Å². The Hall–Kier alpha value is -0.200. The van der Waals surface area contributed by atoms with Gasteiger partial charge in [0.15, 0.2) is 0 Å². The third kappa shape index (κ3) is 3.22. The van der Waals surface area contributed by atoms with Crippen LogP contribution in [0.25, 0.3) is 0 Å². The molecule has 100 valence electrons. The molecule has 1 saturated carbocycles. The highest BCUT2D eigenvalue weighted by atomic mass is 127. The molecule has 1 aromatic rings. The molecule has 2 rings (SSSR count). The predicted molar refractivity (Wildman–Crippen MR) is 80.3 cm³/mol. The summed E-state index contributed by atoms with van der Waals surface area (Å²) in [6, 6.07) is 5.10. The van der Waals surface area contributed by atoms with Crippen LogP contribution >= 0.6 is 22.6 Å². The van der Waals surface area contributed by atoms with Gasteiger partial charge in [-0.2, -0.15) is 0 Å². The fourth-order valence-electron chi connectivity index (χ4n) is 2.85. The summed E-state index contributed by atoms with van der Waals surface area (Å²) in [6.07, 6.45) is 4.92. The van der Waals surface area contributed by atoms with Crippen LogP contribution < -0.4 is 11.3 Å². The number of hydrogen-bond donors (Lipinski definition) is 2. The summed E-state index contributed by atoms with van der Waals surface area (Å²) in [4.78, 5) is 0. The minimum atomic E-state index is -0.184. The summed E-state index contributed by atoms with van der Waals surface area (Å²) in [5.74, 6) is 6.93. The second kappa shape index (κ2) is 6.30. The number of nitrogens with one attached hydrogen (secondary N) is 1. The third-order valence-corrected chi connectivity index (χ3v) is 4.94. The van der Waals surface area contributed by atoms with Crippen LogP contribution in [0.5, 0.6) is 0 Å². The van der Waals surface area contributed by atoms with Crippen LogP contribution in [0.15, 0.2) is 18.2 Å². The van der Waals surface area contributed by atoms with E-state index >= 15 is 0 Å². The Balaban J connectivity index is 2.17. The number of benzene rings is 1. The lowest BCUT2D eigenvalue weighted by Gasteiger charge is -2.33. The average molecular weight is 362 g/mol. The van der Waals surface area contributed by atoms with E-state index in [9.17, 15) is 4.39 Å². The van der Waals surface area contributed by atoms with Crippen molar-refractivity contribution in [2.75, 3.05) is 0 Å². The molecule has 4 heteroatoms. The van der Waals surface area contributed by atoms with Crippen molar-refractivity contribution in [2.24, 2.45) is 17.7 Å². The number of hydrogen-bond acceptors (Lipinski definition) is 2. The maximum atomic E-state index is 13.2. The molecule has 0 spiro atoms. The summed E-state index contributed by atoms with van der Waals surface area (Å²) >= 11 is 2.19. The topological polar surface area (TPSA) is 38.0 Å². The van der Waals surface area contributed by atoms with Gasteiger partial charge in [-0.25, -0.2) is 4.39 Å². The second-order valence-electron chi connectivity index (χ2n) is 5.33. The average Bonchev–Trinajstić information content (AvgIpc) is 2.35. The van der Waals surface area contributed by atoms with Gasteiger partial charge in [-0.3, -0.25) is 11.3 Å². The zero-order valence-corrected chi connectivity index (χ0v) is 12.8. The zero-order chi connectivity index (χ0) is 13.1. The summed E-state index contributed by atoms with van der Waals surface area (Å²) < 4.78 is 14.1. The first-order chi connectivity index (χ1) is 8.61. The lowest BCUT2D eigenvalue weighted by molar-refractivity contribution is 0.232. The van der Waals surface area contributed by atoms with Crippen molar-refractivity contribution < 1.29 is 4.39 Å². The van der Waals surface area contributed by atoms with Crippen molar-refractivity contribution in [3.05, 3.63) is 33.1 Å². The Morgan fingerprint density at radius 2 is 2.00 bits per heavy atom.